The molecule has 4 atom stereocenters. The van der Waals surface area contributed by atoms with E-state index < -0.39 is 5.82 Å². The molecule has 1 aliphatic carbocycles. The van der Waals surface area contributed by atoms with Crippen molar-refractivity contribution in [1.82, 2.24) is 4.90 Å². The van der Waals surface area contributed by atoms with Gasteiger partial charge in [0.2, 0.25) is 0 Å². The third-order valence-electron chi connectivity index (χ3n) is 6.19. The molecule has 5 heteroatoms. The van der Waals surface area contributed by atoms with Gasteiger partial charge in [-0.25, -0.2) is 4.39 Å². The summed E-state index contributed by atoms with van der Waals surface area (Å²) < 4.78 is 23.4. The first-order chi connectivity index (χ1) is 13.1. The fourth-order valence-electron chi connectivity index (χ4n) is 4.94. The van der Waals surface area contributed by atoms with E-state index in [0.717, 1.165) is 48.4 Å². The van der Waals surface area contributed by atoms with Crippen LogP contribution in [-0.2, 0) is 6.42 Å². The van der Waals surface area contributed by atoms with Crippen LogP contribution in [0.15, 0.2) is 48.5 Å². The first-order valence-electron chi connectivity index (χ1n) is 9.67. The van der Waals surface area contributed by atoms with E-state index in [2.05, 4.69) is 35.2 Å². The van der Waals surface area contributed by atoms with E-state index in [-0.39, 0.29) is 11.0 Å². The molecule has 1 saturated carbocycles. The normalized spacial score (nSPS) is 26.2. The van der Waals surface area contributed by atoms with Crippen molar-refractivity contribution in [3.05, 3.63) is 65.5 Å². The molecule has 2 aromatic rings. The van der Waals surface area contributed by atoms with Crippen LogP contribution in [-0.4, -0.2) is 34.2 Å². The minimum atomic E-state index is -0.631. The van der Waals surface area contributed by atoms with Gasteiger partial charge in [-0.3, -0.25) is 0 Å². The van der Waals surface area contributed by atoms with E-state index in [1.807, 2.05) is 0 Å². The van der Waals surface area contributed by atoms with Crippen LogP contribution in [0.2, 0.25) is 0 Å². The summed E-state index contributed by atoms with van der Waals surface area (Å²) in [7, 11) is 0. The van der Waals surface area contributed by atoms with Crippen molar-refractivity contribution >= 4 is 12.0 Å². The molecule has 2 aliphatic rings. The quantitative estimate of drug-likeness (QED) is 0.686. The maximum atomic E-state index is 13.6. The summed E-state index contributed by atoms with van der Waals surface area (Å²) in [6.45, 7) is 2.84. The molecule has 2 aromatic carbocycles. The summed E-state index contributed by atoms with van der Waals surface area (Å²) in [6, 6.07) is 15.1. The Morgan fingerprint density at radius 1 is 1.07 bits per heavy atom. The molecule has 27 heavy (non-hydrogen) atoms. The highest BCUT2D eigenvalue weighted by atomic mass is 32.2. The van der Waals surface area contributed by atoms with Gasteiger partial charge in [0.05, 0.1) is 5.25 Å². The number of fused-ring (bicyclic) bond motifs is 1. The van der Waals surface area contributed by atoms with E-state index in [1.54, 1.807) is 6.07 Å². The Bertz CT molecular complexity index is 758. The number of hydrogen-bond donors (Lipinski definition) is 2. The van der Waals surface area contributed by atoms with Gasteiger partial charge in [0.25, 0.3) is 0 Å². The van der Waals surface area contributed by atoms with Crippen LogP contribution < -0.4 is 0 Å². The summed E-state index contributed by atoms with van der Waals surface area (Å²) in [5, 5.41) is 9.17. The molecule has 1 heterocycles. The van der Waals surface area contributed by atoms with Crippen molar-refractivity contribution in [2.24, 2.45) is 17.8 Å². The lowest BCUT2D eigenvalue weighted by Gasteiger charge is -2.23. The van der Waals surface area contributed by atoms with E-state index in [9.17, 15) is 14.0 Å². The zero-order chi connectivity index (χ0) is 18.8. The number of halogens is 1. The molecule has 2 unspecified atom stereocenters. The van der Waals surface area contributed by atoms with Gasteiger partial charge < -0.3 is 14.6 Å². The Morgan fingerprint density at radius 2 is 1.78 bits per heavy atom. The second kappa shape index (κ2) is 8.21. The first-order valence-corrected chi connectivity index (χ1v) is 10.5. The van der Waals surface area contributed by atoms with E-state index in [0.29, 0.717) is 6.54 Å². The van der Waals surface area contributed by atoms with Crippen molar-refractivity contribution in [3.63, 3.8) is 0 Å². The monoisotopic (exact) mass is 387 g/mol. The van der Waals surface area contributed by atoms with Crippen LogP contribution in [0.25, 0.3) is 0 Å². The Morgan fingerprint density at radius 3 is 2.41 bits per heavy atom. The van der Waals surface area contributed by atoms with Crippen LogP contribution in [0.3, 0.4) is 0 Å². The molecule has 0 spiro atoms. The van der Waals surface area contributed by atoms with Crippen LogP contribution in [0.4, 0.5) is 4.39 Å². The van der Waals surface area contributed by atoms with E-state index in [4.69, 9.17) is 0 Å². The predicted octanol–water partition coefficient (Wildman–Crippen LogP) is 4.98. The number of aromatic hydroxyl groups is 1. The lowest BCUT2D eigenvalue weighted by molar-refractivity contribution is 0.297. The third kappa shape index (κ3) is 4.31. The fourth-order valence-corrected chi connectivity index (χ4v) is 5.49. The highest BCUT2D eigenvalue weighted by Gasteiger charge is 2.41. The van der Waals surface area contributed by atoms with Crippen LogP contribution in [0, 0.1) is 23.6 Å². The van der Waals surface area contributed by atoms with Gasteiger partial charge in [-0.05, 0) is 72.3 Å². The third-order valence-corrected chi connectivity index (χ3v) is 6.86. The molecule has 0 bridgehead atoms. The first kappa shape index (κ1) is 18.8. The molecule has 1 aliphatic heterocycles. The second-order valence-corrected chi connectivity index (χ2v) is 8.85. The smallest absolute Gasteiger partial charge is 0.165 e. The maximum absolute atomic E-state index is 13.6. The fraction of sp³-hybridized carbons (Fsp3) is 0.455. The molecule has 0 radical (unpaired) electrons. The summed E-state index contributed by atoms with van der Waals surface area (Å²) in [4.78, 5) is 2.41. The molecule has 1 saturated heterocycles. The molecule has 2 N–H and O–H groups in total. The number of likely N-dealkylation sites (tertiary alicyclic amines) is 1. The van der Waals surface area contributed by atoms with Crippen molar-refractivity contribution in [2.45, 2.75) is 24.5 Å². The zero-order valence-electron chi connectivity index (χ0n) is 15.3. The predicted molar refractivity (Wildman–Crippen MR) is 107 cm³/mol. The van der Waals surface area contributed by atoms with Gasteiger partial charge in [-0.1, -0.05) is 36.4 Å². The lowest BCUT2D eigenvalue weighted by atomic mass is 9.96. The largest absolute Gasteiger partial charge is 0.505 e. The van der Waals surface area contributed by atoms with Crippen molar-refractivity contribution in [3.8, 4) is 5.75 Å². The summed E-state index contributed by atoms with van der Waals surface area (Å²) >= 11 is 0.765. The minimum Gasteiger partial charge on any atom is -0.505 e. The van der Waals surface area contributed by atoms with Gasteiger partial charge in [0, 0.05) is 19.6 Å². The molecule has 3 nitrogen and oxygen atoms in total. The Labute approximate surface area is 164 Å². The minimum absolute atomic E-state index is 0.195. The number of phenolic OH excluding ortho intramolecular Hbond substituents is 1. The molecule has 4 rings (SSSR count). The summed E-state index contributed by atoms with van der Waals surface area (Å²) in [6.07, 6.45) is 3.73. The number of rotatable bonds is 6. The molecule has 2 fully saturated rings. The molecular formula is C22H26FNO2S. The van der Waals surface area contributed by atoms with Gasteiger partial charge in [-0.15, -0.1) is 0 Å². The van der Waals surface area contributed by atoms with Crippen LogP contribution >= 0.6 is 12.0 Å². The van der Waals surface area contributed by atoms with Crippen LogP contribution in [0.5, 0.6) is 5.75 Å². The Balaban J connectivity index is 1.32. The summed E-state index contributed by atoms with van der Waals surface area (Å²) in [5.41, 5.74) is 2.15. The van der Waals surface area contributed by atoms with E-state index in [1.165, 1.54) is 37.0 Å². The second-order valence-electron chi connectivity index (χ2n) is 8.07. The zero-order valence-corrected chi connectivity index (χ0v) is 16.1. The van der Waals surface area contributed by atoms with Gasteiger partial charge in [-0.2, -0.15) is 0 Å². The average molecular weight is 388 g/mol. The van der Waals surface area contributed by atoms with Crippen LogP contribution in [0.1, 0.15) is 29.2 Å². The van der Waals surface area contributed by atoms with Gasteiger partial charge in [0.1, 0.15) is 0 Å². The molecule has 0 amide bonds. The van der Waals surface area contributed by atoms with Crippen molar-refractivity contribution in [2.75, 3.05) is 19.6 Å². The highest BCUT2D eigenvalue weighted by Crippen LogP contribution is 2.43. The highest BCUT2D eigenvalue weighted by molar-refractivity contribution is 7.94. The number of hydrogen-bond acceptors (Lipinski definition) is 4. The Hall–Kier alpha value is -1.56. The molecule has 0 aromatic heterocycles. The lowest BCUT2D eigenvalue weighted by Crippen LogP contribution is -2.27. The van der Waals surface area contributed by atoms with Gasteiger partial charge >= 0.3 is 0 Å². The van der Waals surface area contributed by atoms with Crippen molar-refractivity contribution < 1.29 is 14.0 Å². The summed E-state index contributed by atoms with van der Waals surface area (Å²) in [5.74, 6) is 1.27. The topological polar surface area (TPSA) is 43.7 Å². The number of benzene rings is 2. The van der Waals surface area contributed by atoms with Crippen molar-refractivity contribution in [1.29, 1.82) is 0 Å². The average Bonchev–Trinajstić information content (AvgIpc) is 3.21. The molecular weight excluding hydrogens is 361 g/mol. The standard InChI is InChI=1S/C22H26FNO2S/c23-20-11-17(6-7-21(20)25)22(27-26)14-24-12-18-9-16(10-19(18)13-24)8-15-4-2-1-3-5-15/h1-7,11,16,18-19,22,25-26H,8-10,12-14H2/t16?,18-,19+,22?. The van der Waals surface area contributed by atoms with E-state index >= 15 is 0 Å². The molecule has 144 valence electrons. The Kier molecular flexibility index (Phi) is 5.71. The number of phenols is 1. The van der Waals surface area contributed by atoms with Gasteiger partial charge in [0.15, 0.2) is 11.6 Å². The SMILES string of the molecule is OSC(CN1C[C@H]2CC(Cc3ccccc3)C[C@H]2C1)c1ccc(O)c(F)c1. The maximum Gasteiger partial charge on any atom is 0.165 e. The number of nitrogens with zero attached hydrogens (tertiary/aromatic N) is 1.